The third kappa shape index (κ3) is 6.03. The Bertz CT molecular complexity index is 564. The van der Waals surface area contributed by atoms with E-state index in [9.17, 15) is 0 Å². The van der Waals surface area contributed by atoms with Gasteiger partial charge in [0.05, 0.1) is 6.20 Å². The molecule has 6 heteroatoms. The molecule has 0 atom stereocenters. The molecular formula is C15H21BrN2O2Si. The summed E-state index contributed by atoms with van der Waals surface area (Å²) in [6.45, 7) is 8.35. The van der Waals surface area contributed by atoms with Gasteiger partial charge in [0, 0.05) is 19.2 Å². The normalized spacial score (nSPS) is 11.6. The third-order valence-electron chi connectivity index (χ3n) is 2.88. The molecule has 0 amide bonds. The minimum Gasteiger partial charge on any atom is -0.438 e. The Labute approximate surface area is 135 Å². The van der Waals surface area contributed by atoms with E-state index in [-0.39, 0.29) is 0 Å². The molecule has 0 spiro atoms. The number of hydrogen-bond acceptors (Lipinski definition) is 3. The fourth-order valence-corrected chi connectivity index (χ4v) is 2.66. The van der Waals surface area contributed by atoms with Gasteiger partial charge in [0.2, 0.25) is 5.88 Å². The predicted octanol–water partition coefficient (Wildman–Crippen LogP) is 4.75. The standard InChI is InChI=1S/C15H21BrN2O2Si/c1-21(2,3)9-8-19-12-18-10-15(17-11-18)20-14-6-4-13(16)5-7-14/h4-7,10-11H,8-9,12H2,1-3H3. The van der Waals surface area contributed by atoms with Gasteiger partial charge in [0.15, 0.2) is 0 Å². The summed E-state index contributed by atoms with van der Waals surface area (Å²) in [4.78, 5) is 4.22. The van der Waals surface area contributed by atoms with Gasteiger partial charge in [-0.25, -0.2) is 4.98 Å². The van der Waals surface area contributed by atoms with Gasteiger partial charge in [-0.2, -0.15) is 0 Å². The second-order valence-electron chi connectivity index (χ2n) is 6.13. The first kappa shape index (κ1) is 16.3. The monoisotopic (exact) mass is 368 g/mol. The Morgan fingerprint density at radius 1 is 1.19 bits per heavy atom. The molecule has 0 saturated heterocycles. The zero-order valence-electron chi connectivity index (χ0n) is 12.7. The minimum atomic E-state index is -1.02. The number of aromatic nitrogens is 2. The topological polar surface area (TPSA) is 36.3 Å². The SMILES string of the molecule is C[Si](C)(C)CCOCn1cnc(Oc2ccc(Br)cc2)c1. The van der Waals surface area contributed by atoms with Gasteiger partial charge in [-0.3, -0.25) is 0 Å². The van der Waals surface area contributed by atoms with Gasteiger partial charge in [0.1, 0.15) is 18.8 Å². The molecule has 1 heterocycles. The van der Waals surface area contributed by atoms with Gasteiger partial charge in [-0.1, -0.05) is 35.6 Å². The lowest BCUT2D eigenvalue weighted by Crippen LogP contribution is -2.21. The van der Waals surface area contributed by atoms with Crippen molar-refractivity contribution in [2.24, 2.45) is 0 Å². The van der Waals surface area contributed by atoms with Crippen LogP contribution in [-0.2, 0) is 11.5 Å². The fourth-order valence-electron chi connectivity index (χ4n) is 1.63. The van der Waals surface area contributed by atoms with Crippen LogP contribution in [0.3, 0.4) is 0 Å². The molecule has 2 rings (SSSR count). The summed E-state index contributed by atoms with van der Waals surface area (Å²) < 4.78 is 14.3. The van der Waals surface area contributed by atoms with Crippen molar-refractivity contribution in [1.29, 1.82) is 0 Å². The maximum atomic E-state index is 5.67. The number of ether oxygens (including phenoxy) is 2. The van der Waals surface area contributed by atoms with Gasteiger partial charge in [-0.05, 0) is 30.3 Å². The van der Waals surface area contributed by atoms with Gasteiger partial charge < -0.3 is 14.0 Å². The summed E-state index contributed by atoms with van der Waals surface area (Å²) in [6.07, 6.45) is 3.57. The number of nitrogens with zero attached hydrogens (tertiary/aromatic N) is 2. The maximum absolute atomic E-state index is 5.67. The average Bonchev–Trinajstić information content (AvgIpc) is 2.84. The van der Waals surface area contributed by atoms with Crippen LogP contribution in [0.1, 0.15) is 0 Å². The number of hydrogen-bond donors (Lipinski definition) is 0. The lowest BCUT2D eigenvalue weighted by atomic mass is 10.3. The highest BCUT2D eigenvalue weighted by atomic mass is 79.9. The Kier molecular flexibility index (Phi) is 5.61. The molecule has 114 valence electrons. The van der Waals surface area contributed by atoms with E-state index in [1.807, 2.05) is 35.0 Å². The molecule has 0 aliphatic heterocycles. The highest BCUT2D eigenvalue weighted by Crippen LogP contribution is 2.21. The van der Waals surface area contributed by atoms with Crippen LogP contribution < -0.4 is 4.74 Å². The van der Waals surface area contributed by atoms with Gasteiger partial charge in [-0.15, -0.1) is 0 Å². The first-order chi connectivity index (χ1) is 9.92. The van der Waals surface area contributed by atoms with Crippen molar-refractivity contribution in [3.63, 3.8) is 0 Å². The molecule has 0 unspecified atom stereocenters. The summed E-state index contributed by atoms with van der Waals surface area (Å²) in [5.74, 6) is 1.34. The molecule has 4 nitrogen and oxygen atoms in total. The lowest BCUT2D eigenvalue weighted by Gasteiger charge is -2.15. The summed E-state index contributed by atoms with van der Waals surface area (Å²) in [5, 5.41) is 0. The quantitative estimate of drug-likeness (QED) is 0.522. The van der Waals surface area contributed by atoms with Crippen LogP contribution in [0.4, 0.5) is 0 Å². The van der Waals surface area contributed by atoms with Crippen molar-refractivity contribution in [1.82, 2.24) is 9.55 Å². The highest BCUT2D eigenvalue weighted by Gasteiger charge is 2.12. The van der Waals surface area contributed by atoms with E-state index in [2.05, 4.69) is 40.6 Å². The Hall–Kier alpha value is -1.11. The number of halogens is 1. The van der Waals surface area contributed by atoms with Crippen LogP contribution in [0.5, 0.6) is 11.6 Å². The number of benzene rings is 1. The van der Waals surface area contributed by atoms with Crippen LogP contribution in [0.2, 0.25) is 25.7 Å². The van der Waals surface area contributed by atoms with Crippen molar-refractivity contribution in [3.05, 3.63) is 41.3 Å². The van der Waals surface area contributed by atoms with Crippen molar-refractivity contribution in [3.8, 4) is 11.6 Å². The van der Waals surface area contributed by atoms with Crippen LogP contribution in [0.25, 0.3) is 0 Å². The Morgan fingerprint density at radius 3 is 2.57 bits per heavy atom. The van der Waals surface area contributed by atoms with Crippen LogP contribution in [-0.4, -0.2) is 24.2 Å². The fraction of sp³-hybridized carbons (Fsp3) is 0.400. The molecule has 0 saturated carbocycles. The largest absolute Gasteiger partial charge is 0.438 e. The highest BCUT2D eigenvalue weighted by molar-refractivity contribution is 9.10. The van der Waals surface area contributed by atoms with Crippen molar-refractivity contribution in [2.45, 2.75) is 32.4 Å². The maximum Gasteiger partial charge on any atom is 0.237 e. The Balaban J connectivity index is 1.80. The summed E-state index contributed by atoms with van der Waals surface area (Å²) >= 11 is 3.40. The molecule has 0 N–H and O–H groups in total. The molecule has 0 aliphatic rings. The average molecular weight is 369 g/mol. The van der Waals surface area contributed by atoms with E-state index in [1.54, 1.807) is 6.33 Å². The molecule has 0 aliphatic carbocycles. The first-order valence-electron chi connectivity index (χ1n) is 6.95. The lowest BCUT2D eigenvalue weighted by molar-refractivity contribution is 0.0870. The third-order valence-corrected chi connectivity index (χ3v) is 5.12. The molecular weight excluding hydrogens is 348 g/mol. The van der Waals surface area contributed by atoms with Gasteiger partial charge in [0.25, 0.3) is 0 Å². The van der Waals surface area contributed by atoms with Crippen molar-refractivity contribution in [2.75, 3.05) is 6.61 Å². The van der Waals surface area contributed by atoms with Gasteiger partial charge >= 0.3 is 0 Å². The minimum absolute atomic E-state index is 0.515. The van der Waals surface area contributed by atoms with Crippen molar-refractivity contribution >= 4 is 24.0 Å². The van der Waals surface area contributed by atoms with Crippen LogP contribution >= 0.6 is 15.9 Å². The molecule has 1 aromatic carbocycles. The molecule has 1 aromatic heterocycles. The molecule has 0 fully saturated rings. The second kappa shape index (κ2) is 7.24. The zero-order chi connectivity index (χ0) is 15.3. The second-order valence-corrected chi connectivity index (χ2v) is 12.7. The number of rotatable bonds is 7. The van der Waals surface area contributed by atoms with E-state index >= 15 is 0 Å². The number of imidazole rings is 1. The van der Waals surface area contributed by atoms with Crippen LogP contribution in [0.15, 0.2) is 41.3 Å². The van der Waals surface area contributed by atoms with E-state index < -0.39 is 8.07 Å². The smallest absolute Gasteiger partial charge is 0.237 e. The molecule has 2 aromatic rings. The van der Waals surface area contributed by atoms with E-state index in [4.69, 9.17) is 9.47 Å². The zero-order valence-corrected chi connectivity index (χ0v) is 15.3. The summed E-state index contributed by atoms with van der Waals surface area (Å²) in [5.41, 5.74) is 0. The predicted molar refractivity (Wildman–Crippen MR) is 90.5 cm³/mol. The van der Waals surface area contributed by atoms with E-state index in [0.29, 0.717) is 12.6 Å². The summed E-state index contributed by atoms with van der Waals surface area (Å²) in [7, 11) is -1.02. The van der Waals surface area contributed by atoms with E-state index in [1.165, 1.54) is 6.04 Å². The van der Waals surface area contributed by atoms with Crippen molar-refractivity contribution < 1.29 is 9.47 Å². The molecule has 0 bridgehead atoms. The molecule has 0 radical (unpaired) electrons. The van der Waals surface area contributed by atoms with E-state index in [0.717, 1.165) is 16.8 Å². The van der Waals surface area contributed by atoms with Crippen LogP contribution in [0, 0.1) is 0 Å². The first-order valence-corrected chi connectivity index (χ1v) is 11.5. The summed E-state index contributed by atoms with van der Waals surface area (Å²) in [6, 6.07) is 8.84. The molecule has 21 heavy (non-hydrogen) atoms. The Morgan fingerprint density at radius 2 is 1.90 bits per heavy atom.